The third-order valence-electron chi connectivity index (χ3n) is 5.82. The molecule has 0 fully saturated rings. The van der Waals surface area contributed by atoms with Gasteiger partial charge in [-0.15, -0.1) is 11.3 Å². The summed E-state index contributed by atoms with van der Waals surface area (Å²) in [6, 6.07) is 17.7. The Bertz CT molecular complexity index is 1400. The predicted molar refractivity (Wildman–Crippen MR) is 133 cm³/mol. The van der Waals surface area contributed by atoms with Crippen molar-refractivity contribution < 1.29 is 4.79 Å². The Balaban J connectivity index is 1.48. The normalized spacial score (nSPS) is 11.1. The number of aromatic nitrogens is 2. The number of fused-ring (bicyclic) bond motifs is 1. The Labute approximate surface area is 196 Å². The Morgan fingerprint density at radius 3 is 2.48 bits per heavy atom. The summed E-state index contributed by atoms with van der Waals surface area (Å²) < 4.78 is 3.49. The highest BCUT2D eigenvalue weighted by atomic mass is 32.1. The lowest BCUT2D eigenvalue weighted by Crippen LogP contribution is -2.40. The van der Waals surface area contributed by atoms with Crippen LogP contribution in [0.2, 0.25) is 0 Å². The van der Waals surface area contributed by atoms with Gasteiger partial charge < -0.3 is 5.32 Å². The van der Waals surface area contributed by atoms with Gasteiger partial charge >= 0.3 is 5.69 Å². The van der Waals surface area contributed by atoms with E-state index in [0.29, 0.717) is 29.7 Å². The van der Waals surface area contributed by atoms with Crippen molar-refractivity contribution in [3.8, 4) is 0 Å². The zero-order chi connectivity index (χ0) is 23.4. The molecule has 0 saturated carbocycles. The minimum atomic E-state index is -0.339. The number of carbonyl (C=O) groups is 1. The van der Waals surface area contributed by atoms with Crippen LogP contribution in [0.5, 0.6) is 0 Å². The highest BCUT2D eigenvalue weighted by molar-refractivity contribution is 7.17. The van der Waals surface area contributed by atoms with E-state index in [1.807, 2.05) is 73.8 Å². The van der Waals surface area contributed by atoms with Crippen molar-refractivity contribution in [1.29, 1.82) is 0 Å². The van der Waals surface area contributed by atoms with E-state index in [4.69, 9.17) is 0 Å². The number of nitrogens with one attached hydrogen (secondary N) is 1. The standard InChI is InChI=1S/C26H27N3O3S/c1-18-9-11-20(12-10-18)16-27-23(30)8-5-14-28-25(31)24-22(13-15-33-24)29(26(28)32)17-21-7-4-3-6-19(21)2/h3-4,6-7,9-13,15H,5,8,14,16-17H2,1-2H3,(H,27,30). The van der Waals surface area contributed by atoms with Gasteiger partial charge in [0.1, 0.15) is 4.70 Å². The van der Waals surface area contributed by atoms with Crippen LogP contribution < -0.4 is 16.6 Å². The van der Waals surface area contributed by atoms with Crippen molar-refractivity contribution in [2.24, 2.45) is 0 Å². The maximum atomic E-state index is 13.3. The first-order chi connectivity index (χ1) is 15.9. The number of hydrogen-bond donors (Lipinski definition) is 1. The van der Waals surface area contributed by atoms with E-state index in [-0.39, 0.29) is 30.1 Å². The van der Waals surface area contributed by atoms with E-state index in [0.717, 1.165) is 16.7 Å². The lowest BCUT2D eigenvalue weighted by molar-refractivity contribution is -0.121. The van der Waals surface area contributed by atoms with Crippen LogP contribution in [0, 0.1) is 13.8 Å². The molecule has 0 unspecified atom stereocenters. The number of nitrogens with zero attached hydrogens (tertiary/aromatic N) is 2. The number of thiophene rings is 1. The van der Waals surface area contributed by atoms with Gasteiger partial charge in [-0.1, -0.05) is 54.1 Å². The third-order valence-corrected chi connectivity index (χ3v) is 6.71. The van der Waals surface area contributed by atoms with Crippen LogP contribution in [0.1, 0.15) is 35.1 Å². The molecule has 6 nitrogen and oxygen atoms in total. The summed E-state index contributed by atoms with van der Waals surface area (Å²) >= 11 is 1.34. The summed E-state index contributed by atoms with van der Waals surface area (Å²) in [6.07, 6.45) is 0.661. The zero-order valence-corrected chi connectivity index (χ0v) is 19.7. The largest absolute Gasteiger partial charge is 0.352 e. The molecule has 7 heteroatoms. The molecule has 4 rings (SSSR count). The first kappa shape index (κ1) is 22.7. The molecule has 4 aromatic rings. The fraction of sp³-hybridized carbons (Fsp3) is 0.269. The molecule has 0 atom stereocenters. The maximum Gasteiger partial charge on any atom is 0.331 e. The second-order valence-corrected chi connectivity index (χ2v) is 9.17. The number of aryl methyl sites for hydroxylation is 2. The number of amides is 1. The van der Waals surface area contributed by atoms with Crippen LogP contribution in [0.25, 0.3) is 10.2 Å². The van der Waals surface area contributed by atoms with Gasteiger partial charge in [-0.25, -0.2) is 4.79 Å². The van der Waals surface area contributed by atoms with Crippen LogP contribution in [0.15, 0.2) is 69.6 Å². The molecule has 33 heavy (non-hydrogen) atoms. The van der Waals surface area contributed by atoms with Crippen LogP contribution in [0.4, 0.5) is 0 Å². The summed E-state index contributed by atoms with van der Waals surface area (Å²) in [5.41, 5.74) is 4.37. The molecule has 0 aliphatic heterocycles. The zero-order valence-electron chi connectivity index (χ0n) is 18.8. The summed E-state index contributed by atoms with van der Waals surface area (Å²) in [6.45, 7) is 5.10. The monoisotopic (exact) mass is 461 g/mol. The summed E-state index contributed by atoms with van der Waals surface area (Å²) in [5.74, 6) is -0.0962. The lowest BCUT2D eigenvalue weighted by atomic mass is 10.1. The summed E-state index contributed by atoms with van der Waals surface area (Å²) in [7, 11) is 0. The molecule has 2 aromatic carbocycles. The Hall–Kier alpha value is -3.45. The number of carbonyl (C=O) groups excluding carboxylic acids is 1. The molecule has 170 valence electrons. The van der Waals surface area contributed by atoms with E-state index < -0.39 is 0 Å². The molecule has 0 saturated heterocycles. The van der Waals surface area contributed by atoms with E-state index in [2.05, 4.69) is 5.32 Å². The molecule has 2 heterocycles. The predicted octanol–water partition coefficient (Wildman–Crippen LogP) is 3.99. The molecule has 1 N–H and O–H groups in total. The van der Waals surface area contributed by atoms with Crippen LogP contribution in [-0.4, -0.2) is 15.0 Å². The summed E-state index contributed by atoms with van der Waals surface area (Å²) in [5, 5.41) is 4.74. The van der Waals surface area contributed by atoms with Gasteiger partial charge in [-0.3, -0.25) is 18.7 Å². The van der Waals surface area contributed by atoms with Crippen molar-refractivity contribution in [3.63, 3.8) is 0 Å². The maximum absolute atomic E-state index is 13.3. The first-order valence-corrected chi connectivity index (χ1v) is 11.9. The molecule has 1 amide bonds. The average molecular weight is 462 g/mol. The van der Waals surface area contributed by atoms with Gasteiger partial charge in [-0.2, -0.15) is 0 Å². The quantitative estimate of drug-likeness (QED) is 0.431. The van der Waals surface area contributed by atoms with E-state index in [1.54, 1.807) is 4.57 Å². The average Bonchev–Trinajstić information content (AvgIpc) is 3.30. The lowest BCUT2D eigenvalue weighted by Gasteiger charge is -2.13. The smallest absolute Gasteiger partial charge is 0.331 e. The molecule has 0 radical (unpaired) electrons. The van der Waals surface area contributed by atoms with Gasteiger partial charge in [0.05, 0.1) is 12.1 Å². The second-order valence-electron chi connectivity index (χ2n) is 8.25. The molecular formula is C26H27N3O3S. The Morgan fingerprint density at radius 2 is 1.73 bits per heavy atom. The highest BCUT2D eigenvalue weighted by Gasteiger charge is 2.15. The van der Waals surface area contributed by atoms with Crippen LogP contribution >= 0.6 is 11.3 Å². The molecule has 2 aromatic heterocycles. The summed E-state index contributed by atoms with van der Waals surface area (Å²) in [4.78, 5) is 38.5. The molecular weight excluding hydrogens is 434 g/mol. The minimum absolute atomic E-state index is 0.0962. The Morgan fingerprint density at radius 1 is 0.970 bits per heavy atom. The fourth-order valence-electron chi connectivity index (χ4n) is 3.83. The third kappa shape index (κ3) is 5.14. The highest BCUT2D eigenvalue weighted by Crippen LogP contribution is 2.17. The van der Waals surface area contributed by atoms with Crippen molar-refractivity contribution in [3.05, 3.63) is 103 Å². The number of rotatable bonds is 8. The molecule has 0 bridgehead atoms. The SMILES string of the molecule is Cc1ccc(CNC(=O)CCCn2c(=O)c3sccc3n(Cc3ccccc3C)c2=O)cc1. The van der Waals surface area contributed by atoms with E-state index in [1.165, 1.54) is 21.5 Å². The molecule has 0 aliphatic carbocycles. The molecule has 0 spiro atoms. The van der Waals surface area contributed by atoms with Crippen molar-refractivity contribution in [2.45, 2.75) is 46.3 Å². The van der Waals surface area contributed by atoms with Crippen molar-refractivity contribution in [2.75, 3.05) is 0 Å². The number of hydrogen-bond acceptors (Lipinski definition) is 4. The first-order valence-electron chi connectivity index (χ1n) is 11.0. The van der Waals surface area contributed by atoms with E-state index in [9.17, 15) is 14.4 Å². The van der Waals surface area contributed by atoms with E-state index >= 15 is 0 Å². The minimum Gasteiger partial charge on any atom is -0.352 e. The van der Waals surface area contributed by atoms with Gasteiger partial charge in [0.25, 0.3) is 5.56 Å². The van der Waals surface area contributed by atoms with Crippen LogP contribution in [-0.2, 0) is 24.4 Å². The fourth-order valence-corrected chi connectivity index (χ4v) is 4.68. The van der Waals surface area contributed by atoms with Gasteiger partial charge in [-0.05, 0) is 48.4 Å². The molecule has 0 aliphatic rings. The van der Waals surface area contributed by atoms with Gasteiger partial charge in [0.2, 0.25) is 5.91 Å². The van der Waals surface area contributed by atoms with Crippen LogP contribution in [0.3, 0.4) is 0 Å². The van der Waals surface area contributed by atoms with Crippen molar-refractivity contribution in [1.82, 2.24) is 14.5 Å². The van der Waals surface area contributed by atoms with Crippen molar-refractivity contribution >= 4 is 27.5 Å². The number of benzene rings is 2. The second kappa shape index (κ2) is 10.0. The topological polar surface area (TPSA) is 73.1 Å². The Kier molecular flexibility index (Phi) is 6.89. The van der Waals surface area contributed by atoms with Gasteiger partial charge in [0.15, 0.2) is 0 Å². The van der Waals surface area contributed by atoms with Gasteiger partial charge in [0, 0.05) is 19.5 Å².